The number of aliphatic carboxylic acids is 1. The van der Waals surface area contributed by atoms with E-state index in [1.807, 2.05) is 0 Å². The number of hydrogen-bond acceptors (Lipinski definition) is 9. The van der Waals surface area contributed by atoms with Crippen LogP contribution >= 0.6 is 0 Å². The number of unbranched alkanes of at least 4 members (excludes halogenated alkanes) is 2. The Labute approximate surface area is 181 Å². The third-order valence-corrected chi connectivity index (χ3v) is 4.50. The number of aliphatic hydroxyl groups excluding tert-OH is 2. The minimum Gasteiger partial charge on any atom is -0.480 e. The first-order valence-electron chi connectivity index (χ1n) is 10.2. The van der Waals surface area contributed by atoms with Crippen molar-refractivity contribution in [3.05, 3.63) is 0 Å². The Morgan fingerprint density at radius 2 is 1.13 bits per heavy atom. The summed E-state index contributed by atoms with van der Waals surface area (Å²) in [5, 5.41) is 34.4. The molecule has 0 aromatic heterocycles. The molecular formula is C18H36N6O7. The molecule has 0 fully saturated rings. The highest BCUT2D eigenvalue weighted by Crippen LogP contribution is 2.03. The molecule has 4 unspecified atom stereocenters. The summed E-state index contributed by atoms with van der Waals surface area (Å²) in [6.07, 6.45) is 2.81. The molecule has 0 saturated heterocycles. The fourth-order valence-electron chi connectivity index (χ4n) is 2.60. The number of amides is 3. The van der Waals surface area contributed by atoms with E-state index >= 15 is 0 Å². The third kappa shape index (κ3) is 11.6. The Morgan fingerprint density at radius 1 is 0.677 bits per heavy atom. The van der Waals surface area contributed by atoms with Crippen molar-refractivity contribution in [3.63, 3.8) is 0 Å². The number of carbonyl (C=O) groups excluding carboxylic acids is 3. The van der Waals surface area contributed by atoms with E-state index in [4.69, 9.17) is 27.4 Å². The van der Waals surface area contributed by atoms with E-state index in [1.165, 1.54) is 0 Å². The SMILES string of the molecule is NCCCCC(N)C(=O)NC(CO)C(=O)NC(CCCCN)C(=O)NC(CO)C(=O)O. The lowest BCUT2D eigenvalue weighted by Crippen LogP contribution is -2.58. The number of aliphatic hydroxyl groups is 2. The van der Waals surface area contributed by atoms with Crippen LogP contribution in [-0.2, 0) is 19.2 Å². The van der Waals surface area contributed by atoms with Gasteiger partial charge in [-0.3, -0.25) is 14.4 Å². The molecule has 0 aromatic rings. The van der Waals surface area contributed by atoms with Gasteiger partial charge in [-0.1, -0.05) is 6.42 Å². The standard InChI is InChI=1S/C18H36N6O7/c19-7-3-1-5-11(21)15(27)23-13(9-25)17(29)22-12(6-2-4-8-20)16(28)24-14(10-26)18(30)31/h11-14,25-26H,1-10,19-21H2,(H,22,29)(H,23,27)(H,24,28)(H,30,31). The molecule has 180 valence electrons. The second-order valence-electron chi connectivity index (χ2n) is 7.06. The van der Waals surface area contributed by atoms with Gasteiger partial charge in [0, 0.05) is 0 Å². The smallest absolute Gasteiger partial charge is 0.328 e. The van der Waals surface area contributed by atoms with Gasteiger partial charge in [0.15, 0.2) is 0 Å². The Morgan fingerprint density at radius 3 is 1.61 bits per heavy atom. The summed E-state index contributed by atoms with van der Waals surface area (Å²) in [7, 11) is 0. The zero-order valence-electron chi connectivity index (χ0n) is 17.6. The van der Waals surface area contributed by atoms with Crippen LogP contribution in [0.25, 0.3) is 0 Å². The topological polar surface area (TPSA) is 243 Å². The van der Waals surface area contributed by atoms with Gasteiger partial charge in [0.2, 0.25) is 17.7 Å². The normalized spacial score (nSPS) is 14.7. The summed E-state index contributed by atoms with van der Waals surface area (Å²) in [4.78, 5) is 48.1. The maximum absolute atomic E-state index is 12.5. The van der Waals surface area contributed by atoms with Crippen LogP contribution in [0, 0.1) is 0 Å². The zero-order chi connectivity index (χ0) is 23.8. The molecule has 0 bridgehead atoms. The molecule has 0 aliphatic rings. The van der Waals surface area contributed by atoms with Gasteiger partial charge >= 0.3 is 5.97 Å². The Balaban J connectivity index is 5.06. The van der Waals surface area contributed by atoms with E-state index in [9.17, 15) is 24.3 Å². The van der Waals surface area contributed by atoms with Gasteiger partial charge in [0.05, 0.1) is 19.3 Å². The van der Waals surface area contributed by atoms with E-state index in [1.54, 1.807) is 0 Å². The van der Waals surface area contributed by atoms with Crippen molar-refractivity contribution in [2.24, 2.45) is 17.2 Å². The molecule has 13 heteroatoms. The Hall–Kier alpha value is -2.32. The maximum atomic E-state index is 12.5. The van der Waals surface area contributed by atoms with Crippen molar-refractivity contribution in [1.29, 1.82) is 0 Å². The van der Waals surface area contributed by atoms with Gasteiger partial charge in [-0.25, -0.2) is 4.79 Å². The van der Waals surface area contributed by atoms with Crippen LogP contribution in [0.5, 0.6) is 0 Å². The quantitative estimate of drug-likeness (QED) is 0.0978. The number of carboxylic acids is 1. The van der Waals surface area contributed by atoms with Crippen LogP contribution < -0.4 is 33.2 Å². The highest BCUT2D eigenvalue weighted by molar-refractivity contribution is 5.94. The van der Waals surface area contributed by atoms with Crippen molar-refractivity contribution >= 4 is 23.7 Å². The van der Waals surface area contributed by atoms with E-state index in [-0.39, 0.29) is 6.42 Å². The number of carboxylic acid groups (broad SMARTS) is 1. The van der Waals surface area contributed by atoms with E-state index in [2.05, 4.69) is 16.0 Å². The molecular weight excluding hydrogens is 412 g/mol. The second-order valence-corrected chi connectivity index (χ2v) is 7.06. The Bertz CT molecular complexity index is 578. The summed E-state index contributed by atoms with van der Waals surface area (Å²) >= 11 is 0. The first-order valence-corrected chi connectivity index (χ1v) is 10.2. The molecule has 0 aliphatic heterocycles. The van der Waals surface area contributed by atoms with Crippen molar-refractivity contribution in [1.82, 2.24) is 16.0 Å². The van der Waals surface area contributed by atoms with E-state index in [0.717, 1.165) is 0 Å². The predicted molar refractivity (Wildman–Crippen MR) is 111 cm³/mol. The monoisotopic (exact) mass is 448 g/mol. The fraction of sp³-hybridized carbons (Fsp3) is 0.778. The molecule has 12 N–H and O–H groups in total. The summed E-state index contributed by atoms with van der Waals surface area (Å²) in [6.45, 7) is -0.753. The first kappa shape index (κ1) is 28.7. The molecule has 0 radical (unpaired) electrons. The molecule has 13 nitrogen and oxygen atoms in total. The molecule has 0 saturated carbocycles. The number of hydrogen-bond donors (Lipinski definition) is 9. The van der Waals surface area contributed by atoms with E-state index in [0.29, 0.717) is 45.2 Å². The predicted octanol–water partition coefficient (Wildman–Crippen LogP) is -3.90. The molecule has 3 amide bonds. The van der Waals surface area contributed by atoms with Gasteiger partial charge in [0.1, 0.15) is 18.1 Å². The molecule has 4 atom stereocenters. The van der Waals surface area contributed by atoms with Gasteiger partial charge in [0.25, 0.3) is 0 Å². The lowest BCUT2D eigenvalue weighted by molar-refractivity contribution is -0.143. The summed E-state index contributed by atoms with van der Waals surface area (Å²) in [6, 6.07) is -4.94. The van der Waals surface area contributed by atoms with Crippen molar-refractivity contribution in [2.45, 2.75) is 62.7 Å². The molecule has 0 spiro atoms. The van der Waals surface area contributed by atoms with Crippen LogP contribution in [0.1, 0.15) is 38.5 Å². The van der Waals surface area contributed by atoms with Crippen molar-refractivity contribution < 1.29 is 34.5 Å². The molecule has 0 aliphatic carbocycles. The van der Waals surface area contributed by atoms with E-state index < -0.39 is 61.1 Å². The van der Waals surface area contributed by atoms with Crippen LogP contribution in [0.4, 0.5) is 0 Å². The maximum Gasteiger partial charge on any atom is 0.328 e. The fourth-order valence-corrected chi connectivity index (χ4v) is 2.60. The first-order chi connectivity index (χ1) is 14.7. The van der Waals surface area contributed by atoms with Gasteiger partial charge in [-0.05, 0) is 45.2 Å². The molecule has 0 heterocycles. The number of nitrogens with two attached hydrogens (primary N) is 3. The highest BCUT2D eigenvalue weighted by Gasteiger charge is 2.29. The minimum atomic E-state index is -1.54. The number of nitrogens with one attached hydrogen (secondary N) is 3. The summed E-state index contributed by atoms with van der Waals surface area (Å²) in [5.41, 5.74) is 16.6. The Kier molecular flexibility index (Phi) is 15.2. The van der Waals surface area contributed by atoms with Crippen LogP contribution in [0.3, 0.4) is 0 Å². The van der Waals surface area contributed by atoms with Crippen LogP contribution in [0.15, 0.2) is 0 Å². The number of rotatable bonds is 17. The number of carbonyl (C=O) groups is 4. The van der Waals surface area contributed by atoms with Crippen molar-refractivity contribution in [2.75, 3.05) is 26.3 Å². The largest absolute Gasteiger partial charge is 0.480 e. The van der Waals surface area contributed by atoms with Crippen molar-refractivity contribution in [3.8, 4) is 0 Å². The average Bonchev–Trinajstić information content (AvgIpc) is 2.74. The minimum absolute atomic E-state index is 0.136. The van der Waals surface area contributed by atoms with Crippen LogP contribution in [-0.4, -0.2) is 89.5 Å². The highest BCUT2D eigenvalue weighted by atomic mass is 16.4. The third-order valence-electron chi connectivity index (χ3n) is 4.50. The lowest BCUT2D eigenvalue weighted by Gasteiger charge is -2.24. The summed E-state index contributed by atoms with van der Waals surface area (Å²) < 4.78 is 0. The van der Waals surface area contributed by atoms with Crippen LogP contribution in [0.2, 0.25) is 0 Å². The van der Waals surface area contributed by atoms with Gasteiger partial charge < -0.3 is 48.5 Å². The van der Waals surface area contributed by atoms with Gasteiger partial charge in [-0.15, -0.1) is 0 Å². The molecule has 31 heavy (non-hydrogen) atoms. The summed E-state index contributed by atoms with van der Waals surface area (Å²) in [5.74, 6) is -3.74. The lowest BCUT2D eigenvalue weighted by atomic mass is 10.1. The second kappa shape index (κ2) is 16.4. The molecule has 0 rings (SSSR count). The average molecular weight is 449 g/mol. The van der Waals surface area contributed by atoms with Gasteiger partial charge in [-0.2, -0.15) is 0 Å². The zero-order valence-corrected chi connectivity index (χ0v) is 17.6. The molecule has 0 aromatic carbocycles.